The van der Waals surface area contributed by atoms with E-state index in [0.717, 1.165) is 4.90 Å². The molecule has 1 aliphatic rings. The molecule has 21 heavy (non-hydrogen) atoms. The minimum absolute atomic E-state index is 0.324. The van der Waals surface area contributed by atoms with E-state index in [1.165, 1.54) is 0 Å². The van der Waals surface area contributed by atoms with Crippen molar-refractivity contribution in [1.29, 1.82) is 0 Å². The summed E-state index contributed by atoms with van der Waals surface area (Å²) in [7, 11) is 0. The number of nitrogens with one attached hydrogen (secondary N) is 2. The smallest absolute Gasteiger partial charge is 0.325 e. The molecule has 1 aliphatic heterocycles. The summed E-state index contributed by atoms with van der Waals surface area (Å²) < 4.78 is 0. The molecular weight excluding hydrogens is 272 g/mol. The summed E-state index contributed by atoms with van der Waals surface area (Å²) in [5, 5.41) is 5.20. The van der Waals surface area contributed by atoms with E-state index in [9.17, 15) is 14.4 Å². The van der Waals surface area contributed by atoms with Gasteiger partial charge < -0.3 is 16.4 Å². The summed E-state index contributed by atoms with van der Waals surface area (Å²) in [6, 6.07) is 6.12. The van der Waals surface area contributed by atoms with Crippen molar-refractivity contribution < 1.29 is 14.4 Å². The number of hydrogen-bond donors (Lipinski definition) is 3. The molecule has 7 heteroatoms. The first kappa shape index (κ1) is 14.8. The third-order valence-electron chi connectivity index (χ3n) is 3.52. The van der Waals surface area contributed by atoms with Crippen molar-refractivity contribution >= 4 is 29.2 Å². The Balaban J connectivity index is 2.03. The molecule has 112 valence electrons. The Bertz CT molecular complexity index is 602. The van der Waals surface area contributed by atoms with Crippen LogP contribution in [-0.4, -0.2) is 34.8 Å². The maximum absolute atomic E-state index is 12.2. The lowest BCUT2D eigenvalue weighted by Gasteiger charge is -2.19. The maximum Gasteiger partial charge on any atom is 0.325 e. The monoisotopic (exact) mass is 290 g/mol. The summed E-state index contributed by atoms with van der Waals surface area (Å²) in [6.07, 6.45) is 0.463. The minimum atomic E-state index is -0.936. The Hall–Kier alpha value is -2.57. The summed E-state index contributed by atoms with van der Waals surface area (Å²) in [5.74, 6) is -0.845. The second-order valence-corrected chi connectivity index (χ2v) is 5.18. The van der Waals surface area contributed by atoms with Crippen molar-refractivity contribution in [2.75, 3.05) is 17.6 Å². The van der Waals surface area contributed by atoms with Crippen molar-refractivity contribution in [3.63, 3.8) is 0 Å². The number of carbonyl (C=O) groups excluding carboxylic acids is 3. The summed E-state index contributed by atoms with van der Waals surface area (Å²) >= 11 is 0. The zero-order chi connectivity index (χ0) is 15.6. The molecule has 0 bridgehead atoms. The fourth-order valence-electron chi connectivity index (χ4n) is 2.09. The van der Waals surface area contributed by atoms with Crippen LogP contribution < -0.4 is 16.4 Å². The Kier molecular flexibility index (Phi) is 3.84. The third kappa shape index (κ3) is 2.96. The quantitative estimate of drug-likeness (QED) is 0.566. The molecule has 0 radical (unpaired) electrons. The number of rotatable bonds is 4. The number of nitrogen functional groups attached to an aromatic ring is 1. The molecule has 0 aromatic heterocycles. The zero-order valence-corrected chi connectivity index (χ0v) is 12.0. The molecule has 1 fully saturated rings. The Morgan fingerprint density at radius 2 is 2.14 bits per heavy atom. The molecule has 1 atom stereocenters. The van der Waals surface area contributed by atoms with Gasteiger partial charge in [0.25, 0.3) is 5.91 Å². The highest BCUT2D eigenvalue weighted by atomic mass is 16.2. The van der Waals surface area contributed by atoms with Crippen LogP contribution in [-0.2, 0) is 9.59 Å². The average molecular weight is 290 g/mol. The van der Waals surface area contributed by atoms with Gasteiger partial charge in [0, 0.05) is 11.4 Å². The van der Waals surface area contributed by atoms with Crippen LogP contribution in [0.4, 0.5) is 16.2 Å². The van der Waals surface area contributed by atoms with E-state index in [2.05, 4.69) is 10.6 Å². The van der Waals surface area contributed by atoms with Crippen molar-refractivity contribution in [2.24, 2.45) is 0 Å². The van der Waals surface area contributed by atoms with Crippen molar-refractivity contribution in [3.05, 3.63) is 24.3 Å². The van der Waals surface area contributed by atoms with Crippen molar-refractivity contribution in [3.8, 4) is 0 Å². The van der Waals surface area contributed by atoms with Crippen LogP contribution in [0.1, 0.15) is 20.3 Å². The lowest BCUT2D eigenvalue weighted by Crippen LogP contribution is -2.44. The van der Waals surface area contributed by atoms with E-state index in [4.69, 9.17) is 5.73 Å². The highest BCUT2D eigenvalue weighted by Gasteiger charge is 2.46. The number of carbonyl (C=O) groups is 3. The lowest BCUT2D eigenvalue weighted by atomic mass is 9.99. The van der Waals surface area contributed by atoms with Crippen molar-refractivity contribution in [2.45, 2.75) is 25.8 Å². The van der Waals surface area contributed by atoms with Gasteiger partial charge in [0.05, 0.1) is 0 Å². The van der Waals surface area contributed by atoms with Gasteiger partial charge in [-0.2, -0.15) is 0 Å². The fourth-order valence-corrected chi connectivity index (χ4v) is 2.09. The van der Waals surface area contributed by atoms with E-state index in [0.29, 0.717) is 17.8 Å². The van der Waals surface area contributed by atoms with Gasteiger partial charge >= 0.3 is 6.03 Å². The van der Waals surface area contributed by atoms with E-state index >= 15 is 0 Å². The molecule has 2 rings (SSSR count). The van der Waals surface area contributed by atoms with Gasteiger partial charge in [-0.25, -0.2) is 4.79 Å². The van der Waals surface area contributed by atoms with Gasteiger partial charge in [0.2, 0.25) is 5.91 Å². The second-order valence-electron chi connectivity index (χ2n) is 5.18. The first-order valence-corrected chi connectivity index (χ1v) is 6.65. The van der Waals surface area contributed by atoms with Crippen LogP contribution in [0.15, 0.2) is 24.3 Å². The first-order chi connectivity index (χ1) is 9.85. The summed E-state index contributed by atoms with van der Waals surface area (Å²) in [5.41, 5.74) is 5.71. The normalized spacial score (nSPS) is 21.3. The topological polar surface area (TPSA) is 105 Å². The maximum atomic E-state index is 12.2. The number of nitrogens with two attached hydrogens (primary N) is 1. The molecule has 4 amide bonds. The molecule has 1 saturated heterocycles. The van der Waals surface area contributed by atoms with Crippen LogP contribution in [0.2, 0.25) is 0 Å². The number of hydrogen-bond acceptors (Lipinski definition) is 4. The van der Waals surface area contributed by atoms with E-state index in [-0.39, 0.29) is 6.54 Å². The van der Waals surface area contributed by atoms with Gasteiger partial charge in [-0.1, -0.05) is 13.0 Å². The van der Waals surface area contributed by atoms with Crippen LogP contribution in [0.3, 0.4) is 0 Å². The molecule has 0 spiro atoms. The predicted molar refractivity (Wildman–Crippen MR) is 78.4 cm³/mol. The molecule has 7 nitrogen and oxygen atoms in total. The molecule has 1 aromatic carbocycles. The van der Waals surface area contributed by atoms with Crippen LogP contribution in [0.25, 0.3) is 0 Å². The van der Waals surface area contributed by atoms with Gasteiger partial charge in [0.15, 0.2) is 0 Å². The Morgan fingerprint density at radius 3 is 2.71 bits per heavy atom. The third-order valence-corrected chi connectivity index (χ3v) is 3.52. The molecule has 0 aliphatic carbocycles. The lowest BCUT2D eigenvalue weighted by molar-refractivity contribution is -0.133. The zero-order valence-electron chi connectivity index (χ0n) is 12.0. The van der Waals surface area contributed by atoms with E-state index in [1.807, 2.05) is 0 Å². The van der Waals surface area contributed by atoms with Crippen LogP contribution >= 0.6 is 0 Å². The minimum Gasteiger partial charge on any atom is -0.399 e. The number of imide groups is 1. The average Bonchev–Trinajstić information content (AvgIpc) is 2.63. The predicted octanol–water partition coefficient (Wildman–Crippen LogP) is 0.928. The van der Waals surface area contributed by atoms with Crippen LogP contribution in [0, 0.1) is 0 Å². The molecular formula is C14H18N4O3. The molecule has 1 heterocycles. The number of amides is 4. The number of nitrogens with zero attached hydrogens (tertiary/aromatic N) is 1. The van der Waals surface area contributed by atoms with Gasteiger partial charge in [-0.05, 0) is 31.5 Å². The molecule has 1 unspecified atom stereocenters. The SMILES string of the molecule is CCC1(C)NC(=O)N(CC(=O)Nc2cccc(N)c2)C1=O. The number of anilines is 2. The number of benzene rings is 1. The highest BCUT2D eigenvalue weighted by molar-refractivity contribution is 6.09. The van der Waals surface area contributed by atoms with Gasteiger partial charge in [-0.3, -0.25) is 14.5 Å². The fraction of sp³-hybridized carbons (Fsp3) is 0.357. The Morgan fingerprint density at radius 1 is 1.43 bits per heavy atom. The second kappa shape index (κ2) is 5.43. The molecule has 4 N–H and O–H groups in total. The van der Waals surface area contributed by atoms with E-state index < -0.39 is 23.4 Å². The standard InChI is InChI=1S/C14H18N4O3/c1-3-14(2)12(20)18(13(21)17-14)8-11(19)16-10-6-4-5-9(15)7-10/h4-7H,3,8,15H2,1-2H3,(H,16,19)(H,17,21). The van der Waals surface area contributed by atoms with Crippen molar-refractivity contribution in [1.82, 2.24) is 10.2 Å². The molecule has 0 saturated carbocycles. The van der Waals surface area contributed by atoms with Gasteiger partial charge in [0.1, 0.15) is 12.1 Å². The first-order valence-electron chi connectivity index (χ1n) is 6.65. The van der Waals surface area contributed by atoms with E-state index in [1.54, 1.807) is 38.1 Å². The Labute approximate surface area is 122 Å². The van der Waals surface area contributed by atoms with Crippen LogP contribution in [0.5, 0.6) is 0 Å². The summed E-state index contributed by atoms with van der Waals surface area (Å²) in [6.45, 7) is 3.12. The number of urea groups is 1. The molecule has 1 aromatic rings. The summed E-state index contributed by atoms with van der Waals surface area (Å²) in [4.78, 5) is 36.8. The largest absolute Gasteiger partial charge is 0.399 e. The van der Waals surface area contributed by atoms with Gasteiger partial charge in [-0.15, -0.1) is 0 Å². The highest BCUT2D eigenvalue weighted by Crippen LogP contribution is 2.20.